The number of nitrogens with one attached hydrogen (secondary N) is 1. The molecule has 0 saturated carbocycles. The Morgan fingerprint density at radius 3 is 2.02 bits per heavy atom. The molecule has 296 valence electrons. The highest BCUT2D eigenvalue weighted by Crippen LogP contribution is 2.49. The smallest absolute Gasteiger partial charge is 0.320 e. The lowest BCUT2D eigenvalue weighted by Crippen LogP contribution is -2.60. The van der Waals surface area contributed by atoms with Gasteiger partial charge in [-0.2, -0.15) is 0 Å². The monoisotopic (exact) mass is 767 g/mol. The van der Waals surface area contributed by atoms with E-state index in [-0.39, 0.29) is 30.3 Å². The number of esters is 1. The molecule has 12 nitrogen and oxygen atoms in total. The van der Waals surface area contributed by atoms with Crippen LogP contribution in [0.1, 0.15) is 35.7 Å². The van der Waals surface area contributed by atoms with E-state index in [4.69, 9.17) is 18.9 Å². The molecule has 2 heterocycles. The van der Waals surface area contributed by atoms with Gasteiger partial charge in [0.25, 0.3) is 5.91 Å². The zero-order valence-electron chi connectivity index (χ0n) is 32.7. The number of methoxy groups -OCH3 is 3. The number of carbonyl (C=O) groups is 3. The second-order valence-electron chi connectivity index (χ2n) is 13.8. The number of hydrazine groups is 1. The van der Waals surface area contributed by atoms with Crippen LogP contribution in [0.4, 0.5) is 9.18 Å². The minimum Gasteiger partial charge on any atom is -0.493 e. The Hall–Kier alpha value is -5.66. The maximum Gasteiger partial charge on any atom is 0.320 e. The lowest BCUT2D eigenvalue weighted by atomic mass is 9.81. The molecule has 1 N–H and O–H groups in total. The molecule has 6 rings (SSSR count). The van der Waals surface area contributed by atoms with Gasteiger partial charge in [-0.15, -0.1) is 0 Å². The Balaban J connectivity index is 1.26. The van der Waals surface area contributed by atoms with Crippen LogP contribution in [-0.2, 0) is 15.1 Å². The van der Waals surface area contributed by atoms with Crippen molar-refractivity contribution in [2.75, 3.05) is 80.8 Å². The summed E-state index contributed by atoms with van der Waals surface area (Å²) in [6.45, 7) is 5.38. The fourth-order valence-corrected chi connectivity index (χ4v) is 7.68. The summed E-state index contributed by atoms with van der Waals surface area (Å²) in [6, 6.07) is 25.2. The van der Waals surface area contributed by atoms with Crippen molar-refractivity contribution in [2.45, 2.75) is 25.3 Å². The first-order chi connectivity index (χ1) is 27.1. The van der Waals surface area contributed by atoms with Gasteiger partial charge in [0.1, 0.15) is 5.82 Å². The summed E-state index contributed by atoms with van der Waals surface area (Å²) in [5.41, 5.74) is 3.38. The highest BCUT2D eigenvalue weighted by atomic mass is 19.1. The first-order valence-corrected chi connectivity index (χ1v) is 18.8. The van der Waals surface area contributed by atoms with E-state index in [1.54, 1.807) is 42.1 Å². The predicted molar refractivity (Wildman–Crippen MR) is 211 cm³/mol. The third-order valence-electron chi connectivity index (χ3n) is 10.7. The van der Waals surface area contributed by atoms with Gasteiger partial charge in [0, 0.05) is 51.9 Å². The van der Waals surface area contributed by atoms with Crippen LogP contribution in [0.15, 0.2) is 84.9 Å². The van der Waals surface area contributed by atoms with Gasteiger partial charge >= 0.3 is 12.0 Å². The normalized spacial score (nSPS) is 15.8. The lowest BCUT2D eigenvalue weighted by Gasteiger charge is -2.46. The van der Waals surface area contributed by atoms with Gasteiger partial charge < -0.3 is 29.2 Å². The van der Waals surface area contributed by atoms with Crippen molar-refractivity contribution in [3.63, 3.8) is 0 Å². The van der Waals surface area contributed by atoms with E-state index >= 15 is 0 Å². The second-order valence-corrected chi connectivity index (χ2v) is 13.8. The second kappa shape index (κ2) is 17.9. The molecule has 0 aromatic heterocycles. The van der Waals surface area contributed by atoms with Crippen molar-refractivity contribution in [3.8, 4) is 39.5 Å². The molecule has 56 heavy (non-hydrogen) atoms. The molecule has 2 fully saturated rings. The molecule has 0 spiro atoms. The van der Waals surface area contributed by atoms with Crippen molar-refractivity contribution in [1.29, 1.82) is 0 Å². The summed E-state index contributed by atoms with van der Waals surface area (Å²) in [5.74, 6) is 0.0695. The molecule has 0 aliphatic carbocycles. The number of ether oxygens (including phenoxy) is 4. The summed E-state index contributed by atoms with van der Waals surface area (Å²) in [7, 11) is 6.28. The number of rotatable bonds is 12. The number of halogens is 1. The first kappa shape index (κ1) is 40.0. The number of amides is 3. The van der Waals surface area contributed by atoms with Gasteiger partial charge in [0.2, 0.25) is 5.75 Å². The molecule has 0 radical (unpaired) electrons. The Labute approximate surface area is 327 Å². The van der Waals surface area contributed by atoms with Crippen molar-refractivity contribution in [2.24, 2.45) is 0 Å². The lowest BCUT2D eigenvalue weighted by molar-refractivity contribution is -0.144. The Morgan fingerprint density at radius 2 is 1.41 bits per heavy atom. The molecule has 4 aromatic carbocycles. The fraction of sp³-hybridized carbons (Fsp3) is 0.372. The van der Waals surface area contributed by atoms with Crippen LogP contribution in [0.25, 0.3) is 22.3 Å². The van der Waals surface area contributed by atoms with E-state index in [1.807, 2.05) is 64.5 Å². The van der Waals surface area contributed by atoms with Crippen molar-refractivity contribution < 1.29 is 37.7 Å². The van der Waals surface area contributed by atoms with Gasteiger partial charge in [0.15, 0.2) is 11.5 Å². The molecule has 0 atom stereocenters. The van der Waals surface area contributed by atoms with Crippen molar-refractivity contribution in [1.82, 2.24) is 25.1 Å². The van der Waals surface area contributed by atoms with Crippen molar-refractivity contribution in [3.05, 3.63) is 102 Å². The van der Waals surface area contributed by atoms with E-state index in [2.05, 4.69) is 5.32 Å². The topological polar surface area (TPSA) is 113 Å². The van der Waals surface area contributed by atoms with E-state index in [0.717, 1.165) is 16.7 Å². The number of piperazine rings is 1. The highest BCUT2D eigenvalue weighted by Gasteiger charge is 2.41. The summed E-state index contributed by atoms with van der Waals surface area (Å²) in [5, 5.41) is 6.99. The highest BCUT2D eigenvalue weighted by molar-refractivity contribution is 6.05. The zero-order valence-corrected chi connectivity index (χ0v) is 32.7. The van der Waals surface area contributed by atoms with Crippen LogP contribution >= 0.6 is 0 Å². The SMILES string of the molecule is CCOC(=O)CN1CCN(C(=O)NC2(c3ccccc3)CCN(N(C)C(=O)c3cc(OC)c(OC)c(OC)c3-c3ccccc3-c3ccc(F)cc3)CC2)CC1. The quantitative estimate of drug-likeness (QED) is 0.172. The largest absolute Gasteiger partial charge is 0.493 e. The van der Waals surface area contributed by atoms with Gasteiger partial charge in [-0.3, -0.25) is 19.5 Å². The molecular formula is C43H50FN5O7. The number of piperidine rings is 1. The molecule has 2 saturated heterocycles. The van der Waals surface area contributed by atoms with E-state index in [1.165, 1.54) is 33.5 Å². The van der Waals surface area contributed by atoms with Crippen molar-refractivity contribution >= 4 is 17.9 Å². The molecule has 0 bridgehead atoms. The average Bonchev–Trinajstić information content (AvgIpc) is 3.23. The number of hydrogen-bond donors (Lipinski definition) is 1. The number of carbonyl (C=O) groups excluding carboxylic acids is 3. The third-order valence-corrected chi connectivity index (χ3v) is 10.7. The van der Waals surface area contributed by atoms with E-state index in [0.29, 0.717) is 92.7 Å². The van der Waals surface area contributed by atoms with Gasteiger partial charge in [-0.25, -0.2) is 14.2 Å². The minimum absolute atomic E-state index is 0.163. The molecule has 0 unspecified atom stereocenters. The molecule has 13 heteroatoms. The summed E-state index contributed by atoms with van der Waals surface area (Å²) in [4.78, 5) is 44.4. The van der Waals surface area contributed by atoms with Crippen LogP contribution in [-0.4, -0.2) is 119 Å². The minimum atomic E-state index is -0.674. The Bertz CT molecular complexity index is 2000. The summed E-state index contributed by atoms with van der Waals surface area (Å²) < 4.78 is 36.5. The Morgan fingerprint density at radius 1 is 0.786 bits per heavy atom. The number of benzene rings is 4. The van der Waals surface area contributed by atoms with Crippen LogP contribution < -0.4 is 19.5 Å². The molecule has 4 aromatic rings. The van der Waals surface area contributed by atoms with Crippen LogP contribution in [0.2, 0.25) is 0 Å². The van der Waals surface area contributed by atoms with Gasteiger partial charge in [-0.1, -0.05) is 66.7 Å². The average molecular weight is 768 g/mol. The first-order valence-electron chi connectivity index (χ1n) is 18.8. The molecular weight excluding hydrogens is 717 g/mol. The molecule has 3 amide bonds. The van der Waals surface area contributed by atoms with E-state index in [9.17, 15) is 18.8 Å². The fourth-order valence-electron chi connectivity index (χ4n) is 7.68. The Kier molecular flexibility index (Phi) is 12.8. The number of urea groups is 1. The summed E-state index contributed by atoms with van der Waals surface area (Å²) >= 11 is 0. The maximum atomic E-state index is 14.8. The third kappa shape index (κ3) is 8.43. The number of nitrogens with zero attached hydrogens (tertiary/aromatic N) is 4. The van der Waals surface area contributed by atoms with Crippen LogP contribution in [0.3, 0.4) is 0 Å². The van der Waals surface area contributed by atoms with Crippen LogP contribution in [0.5, 0.6) is 17.2 Å². The van der Waals surface area contributed by atoms with Gasteiger partial charge in [-0.05, 0) is 60.2 Å². The van der Waals surface area contributed by atoms with Crippen LogP contribution in [0, 0.1) is 5.82 Å². The van der Waals surface area contributed by atoms with E-state index < -0.39 is 5.54 Å². The van der Waals surface area contributed by atoms with Gasteiger partial charge in [0.05, 0.1) is 45.6 Å². The predicted octanol–water partition coefficient (Wildman–Crippen LogP) is 6.05. The summed E-state index contributed by atoms with van der Waals surface area (Å²) in [6.07, 6.45) is 1.08. The zero-order chi connectivity index (χ0) is 39.8. The standard InChI is InChI=1S/C43H50FN5O7/c1-6-56-37(50)29-47-24-26-48(27-25-47)42(52)45-43(31-12-8-7-9-13-31)20-22-49(23-21-43)46(2)41(51)35-28-36(53-3)39(54-4)40(55-5)38(35)34-15-11-10-14-33(34)30-16-18-32(44)19-17-30/h7-19,28H,6,20-27,29H2,1-5H3,(H,45,52). The maximum absolute atomic E-state index is 14.8. The molecule has 2 aliphatic heterocycles. The number of hydrogen-bond acceptors (Lipinski definition) is 9. The molecule has 2 aliphatic rings.